The van der Waals surface area contributed by atoms with E-state index < -0.39 is 0 Å². The van der Waals surface area contributed by atoms with Crippen molar-refractivity contribution in [2.45, 2.75) is 247 Å². The second-order valence-corrected chi connectivity index (χ2v) is 17.3. The van der Waals surface area contributed by atoms with Gasteiger partial charge >= 0.3 is 0 Å². The van der Waals surface area contributed by atoms with Gasteiger partial charge in [0.05, 0.1) is 0 Å². The molecule has 0 aromatic carbocycles. The van der Waals surface area contributed by atoms with E-state index in [1.807, 2.05) is 0 Å². The number of hydrogen-bond acceptors (Lipinski definition) is 2. The summed E-state index contributed by atoms with van der Waals surface area (Å²) in [6.45, 7) is 13.5. The summed E-state index contributed by atoms with van der Waals surface area (Å²) in [6.07, 6.45) is 46.6. The first kappa shape index (κ1) is 49.4. The highest BCUT2D eigenvalue weighted by Crippen LogP contribution is 2.32. The highest BCUT2D eigenvalue weighted by atomic mass is 16.1. The van der Waals surface area contributed by atoms with Gasteiger partial charge in [0.1, 0.15) is 0 Å². The Hall–Kier alpha value is -0.570. The maximum atomic E-state index is 13.0. The van der Waals surface area contributed by atoms with E-state index in [0.717, 1.165) is 31.8 Å². The van der Waals surface area contributed by atoms with Crippen molar-refractivity contribution in [2.75, 3.05) is 27.2 Å². The summed E-state index contributed by atoms with van der Waals surface area (Å²) in [5.41, 5.74) is 0. The maximum Gasteiger partial charge on any atom is 0.223 e. The summed E-state index contributed by atoms with van der Waals surface area (Å²) in [4.78, 5) is 15.2. The van der Waals surface area contributed by atoms with Crippen molar-refractivity contribution in [1.82, 2.24) is 10.2 Å². The van der Waals surface area contributed by atoms with Crippen LogP contribution in [0.15, 0.2) is 0 Å². The number of nitrogens with zero attached hydrogens (tertiary/aromatic N) is 1. The molecule has 0 rings (SSSR count). The maximum absolute atomic E-state index is 13.0. The average Bonchev–Trinajstić information content (AvgIpc) is 3.10. The fraction of sp³-hybridized carbons (Fsp3) is 0.979. The van der Waals surface area contributed by atoms with E-state index in [2.05, 4.69) is 58.9 Å². The quantitative estimate of drug-likeness (QED) is 0.0644. The highest BCUT2D eigenvalue weighted by Gasteiger charge is 2.26. The molecule has 0 aliphatic rings. The second kappa shape index (κ2) is 38.2. The van der Waals surface area contributed by atoms with Gasteiger partial charge in [0.15, 0.2) is 0 Å². The van der Waals surface area contributed by atoms with Crippen molar-refractivity contribution in [1.29, 1.82) is 0 Å². The Morgan fingerprint density at radius 2 is 0.820 bits per heavy atom. The first-order valence-electron chi connectivity index (χ1n) is 23.3. The van der Waals surface area contributed by atoms with Crippen molar-refractivity contribution >= 4 is 5.91 Å². The van der Waals surface area contributed by atoms with Crippen LogP contribution in [0.2, 0.25) is 0 Å². The zero-order valence-corrected chi connectivity index (χ0v) is 35.9. The van der Waals surface area contributed by atoms with Crippen molar-refractivity contribution in [3.63, 3.8) is 0 Å². The molecule has 3 nitrogen and oxygen atoms in total. The van der Waals surface area contributed by atoms with E-state index in [9.17, 15) is 4.79 Å². The van der Waals surface area contributed by atoms with Crippen LogP contribution in [-0.4, -0.2) is 38.0 Å². The minimum atomic E-state index is 0.0987. The zero-order chi connectivity index (χ0) is 36.9. The zero-order valence-electron chi connectivity index (χ0n) is 35.9. The van der Waals surface area contributed by atoms with Crippen LogP contribution in [0.1, 0.15) is 247 Å². The van der Waals surface area contributed by atoms with Crippen molar-refractivity contribution in [3.8, 4) is 0 Å². The Morgan fingerprint density at radius 1 is 0.480 bits per heavy atom. The van der Waals surface area contributed by atoms with Crippen molar-refractivity contribution in [2.24, 2.45) is 23.7 Å². The number of carbonyl (C=O) groups excluding carboxylic acids is 1. The van der Waals surface area contributed by atoms with Gasteiger partial charge in [0, 0.05) is 12.5 Å². The third-order valence-corrected chi connectivity index (χ3v) is 12.1. The van der Waals surface area contributed by atoms with Gasteiger partial charge in [-0.15, -0.1) is 0 Å². The number of nitrogens with one attached hydrogen (secondary N) is 1. The molecule has 0 aromatic heterocycles. The van der Waals surface area contributed by atoms with E-state index in [0.29, 0.717) is 11.8 Å². The monoisotopic (exact) mass is 705 g/mol. The molecule has 0 heterocycles. The SMILES string of the molecule is CCCCCCCCCCCCCCCCC(CCCCCCCCCCCCCCCC)CC(C)C(C)C(C)C(=O)NCCCCN(C)C. The molecule has 0 saturated heterocycles. The second-order valence-electron chi connectivity index (χ2n) is 17.3. The molecule has 1 amide bonds. The van der Waals surface area contributed by atoms with Gasteiger partial charge in [-0.05, 0) is 57.7 Å². The molecule has 0 fully saturated rings. The van der Waals surface area contributed by atoms with Gasteiger partial charge < -0.3 is 10.2 Å². The molecule has 3 unspecified atom stereocenters. The van der Waals surface area contributed by atoms with Crippen LogP contribution in [0, 0.1) is 23.7 Å². The van der Waals surface area contributed by atoms with Crippen LogP contribution < -0.4 is 5.32 Å². The van der Waals surface area contributed by atoms with E-state index >= 15 is 0 Å². The van der Waals surface area contributed by atoms with E-state index in [1.54, 1.807) is 0 Å². The lowest BCUT2D eigenvalue weighted by Gasteiger charge is -2.29. The smallest absolute Gasteiger partial charge is 0.223 e. The fourth-order valence-electron chi connectivity index (χ4n) is 8.03. The lowest BCUT2D eigenvalue weighted by molar-refractivity contribution is -0.126. The standard InChI is InChI=1S/C47H96N2O/c1-8-10-12-14-16-18-20-22-24-26-28-30-32-34-38-46(39-35-33-31-29-27-25-23-21-19-17-15-13-11-9-2)42-43(3)44(4)45(5)47(50)48-40-36-37-41-49(6)7/h43-46H,8-42H2,1-7H3,(H,48,50). The number of carbonyl (C=O) groups is 1. The summed E-state index contributed by atoms with van der Waals surface area (Å²) in [7, 11) is 4.24. The molecule has 0 spiro atoms. The van der Waals surface area contributed by atoms with Gasteiger partial charge in [0.2, 0.25) is 5.91 Å². The van der Waals surface area contributed by atoms with Gasteiger partial charge in [-0.3, -0.25) is 4.79 Å². The normalized spacial score (nSPS) is 13.7. The van der Waals surface area contributed by atoms with E-state index in [1.165, 1.54) is 199 Å². The topological polar surface area (TPSA) is 32.3 Å². The van der Waals surface area contributed by atoms with Crippen LogP contribution in [0.25, 0.3) is 0 Å². The van der Waals surface area contributed by atoms with E-state index in [4.69, 9.17) is 0 Å². The summed E-state index contributed by atoms with van der Waals surface area (Å²) in [5, 5.41) is 3.25. The van der Waals surface area contributed by atoms with Crippen molar-refractivity contribution in [3.05, 3.63) is 0 Å². The lowest BCUT2D eigenvalue weighted by atomic mass is 9.77. The summed E-state index contributed by atoms with van der Waals surface area (Å²) >= 11 is 0. The van der Waals surface area contributed by atoms with Gasteiger partial charge in [-0.1, -0.05) is 227 Å². The number of amides is 1. The van der Waals surface area contributed by atoms with Crippen LogP contribution in [0.3, 0.4) is 0 Å². The lowest BCUT2D eigenvalue weighted by Crippen LogP contribution is -2.35. The minimum Gasteiger partial charge on any atom is -0.356 e. The van der Waals surface area contributed by atoms with Crippen LogP contribution in [-0.2, 0) is 4.79 Å². The van der Waals surface area contributed by atoms with Gasteiger partial charge in [0.25, 0.3) is 0 Å². The Morgan fingerprint density at radius 3 is 1.16 bits per heavy atom. The van der Waals surface area contributed by atoms with Crippen LogP contribution >= 0.6 is 0 Å². The van der Waals surface area contributed by atoms with Gasteiger partial charge in [-0.2, -0.15) is 0 Å². The third-order valence-electron chi connectivity index (χ3n) is 12.1. The molecule has 0 aliphatic heterocycles. The molecule has 0 saturated carbocycles. The molecule has 300 valence electrons. The Kier molecular flexibility index (Phi) is 37.7. The first-order valence-corrected chi connectivity index (χ1v) is 23.3. The Bertz CT molecular complexity index is 646. The minimum absolute atomic E-state index is 0.0987. The van der Waals surface area contributed by atoms with Gasteiger partial charge in [-0.25, -0.2) is 0 Å². The van der Waals surface area contributed by atoms with Crippen LogP contribution in [0.5, 0.6) is 0 Å². The summed E-state index contributed by atoms with van der Waals surface area (Å²) < 4.78 is 0. The third kappa shape index (κ3) is 33.3. The largest absolute Gasteiger partial charge is 0.356 e. The average molecular weight is 705 g/mol. The molecule has 0 aliphatic carbocycles. The molecular weight excluding hydrogens is 609 g/mol. The number of unbranched alkanes of at least 4 members (excludes halogenated alkanes) is 27. The molecule has 3 heteroatoms. The summed E-state index contributed by atoms with van der Waals surface area (Å²) in [5.74, 6) is 2.24. The first-order chi connectivity index (χ1) is 24.3. The molecule has 50 heavy (non-hydrogen) atoms. The summed E-state index contributed by atoms with van der Waals surface area (Å²) in [6, 6.07) is 0. The molecule has 0 radical (unpaired) electrons. The molecular formula is C47H96N2O. The molecule has 0 aromatic rings. The molecule has 3 atom stereocenters. The highest BCUT2D eigenvalue weighted by molar-refractivity contribution is 5.78. The van der Waals surface area contributed by atoms with E-state index in [-0.39, 0.29) is 11.8 Å². The predicted molar refractivity (Wildman–Crippen MR) is 226 cm³/mol. The molecule has 1 N–H and O–H groups in total. The van der Waals surface area contributed by atoms with Crippen molar-refractivity contribution < 1.29 is 4.79 Å². The predicted octanol–water partition coefficient (Wildman–Crippen LogP) is 15.1. The fourth-order valence-corrected chi connectivity index (χ4v) is 8.03. The number of rotatable bonds is 40. The van der Waals surface area contributed by atoms with Crippen LogP contribution in [0.4, 0.5) is 0 Å². The number of hydrogen-bond donors (Lipinski definition) is 1. The molecule has 0 bridgehead atoms. The Balaban J connectivity index is 4.40. The Labute approximate surface area is 317 Å².